The minimum atomic E-state index is -0.135. The first kappa shape index (κ1) is 11.4. The second kappa shape index (κ2) is 4.07. The third-order valence-electron chi connectivity index (χ3n) is 3.74. The van der Waals surface area contributed by atoms with Gasteiger partial charge in [-0.1, -0.05) is 34.7 Å². The number of alkyl halides is 1. The molecule has 1 saturated carbocycles. The number of ether oxygens (including phenoxy) is 1. The zero-order valence-corrected chi connectivity index (χ0v) is 11.2. The van der Waals surface area contributed by atoms with Crippen molar-refractivity contribution in [1.29, 1.82) is 0 Å². The van der Waals surface area contributed by atoms with E-state index in [4.69, 9.17) is 4.74 Å². The summed E-state index contributed by atoms with van der Waals surface area (Å²) < 4.78 is 6.01. The minimum Gasteiger partial charge on any atom is -0.458 e. The van der Waals surface area contributed by atoms with Crippen LogP contribution in [0, 0.1) is 5.92 Å². The lowest BCUT2D eigenvalue weighted by Crippen LogP contribution is -2.43. The molecule has 15 heavy (non-hydrogen) atoms. The Hall–Kier alpha value is -0.0600. The summed E-state index contributed by atoms with van der Waals surface area (Å²) >= 11 is 2.45. The van der Waals surface area contributed by atoms with E-state index in [0.717, 1.165) is 25.7 Å². The smallest absolute Gasteiger partial charge is 0.306 e. The van der Waals surface area contributed by atoms with Crippen LogP contribution in [-0.2, 0) is 9.53 Å². The lowest BCUT2D eigenvalue weighted by atomic mass is 9.75. The number of carbonyl (C=O) groups is 1. The molecule has 2 aliphatic rings. The molecule has 3 heteroatoms. The van der Waals surface area contributed by atoms with Crippen molar-refractivity contribution < 1.29 is 9.53 Å². The van der Waals surface area contributed by atoms with Crippen LogP contribution in [0.5, 0.6) is 0 Å². The van der Waals surface area contributed by atoms with Crippen molar-refractivity contribution in [3.63, 3.8) is 0 Å². The van der Waals surface area contributed by atoms with Crippen molar-refractivity contribution in [2.24, 2.45) is 5.92 Å². The monoisotopic (exact) mass is 320 g/mol. The molecule has 3 atom stereocenters. The van der Waals surface area contributed by atoms with E-state index < -0.39 is 0 Å². The zero-order chi connectivity index (χ0) is 11.1. The minimum absolute atomic E-state index is 0.00885. The molecule has 1 heterocycles. The summed E-state index contributed by atoms with van der Waals surface area (Å²) in [6.45, 7) is 6.14. The van der Waals surface area contributed by atoms with Crippen LogP contribution in [0.4, 0.5) is 0 Å². The molecule has 0 bridgehead atoms. The van der Waals surface area contributed by atoms with Gasteiger partial charge in [-0.15, -0.1) is 0 Å². The Kier molecular flexibility index (Phi) is 3.10. The van der Waals surface area contributed by atoms with Gasteiger partial charge in [-0.05, 0) is 38.5 Å². The van der Waals surface area contributed by atoms with Gasteiger partial charge in [0.05, 0.1) is 3.92 Å². The number of hydrogen-bond donors (Lipinski definition) is 0. The van der Waals surface area contributed by atoms with E-state index in [1.54, 1.807) is 0 Å². The predicted molar refractivity (Wildman–Crippen MR) is 68.0 cm³/mol. The van der Waals surface area contributed by atoms with Crippen LogP contribution >= 0.6 is 22.6 Å². The Morgan fingerprint density at radius 2 is 2.33 bits per heavy atom. The van der Waals surface area contributed by atoms with Crippen LogP contribution in [0.1, 0.15) is 39.0 Å². The average Bonchev–Trinajstić information content (AvgIpc) is 2.54. The molecular weight excluding hydrogens is 303 g/mol. The average molecular weight is 320 g/mol. The zero-order valence-electron chi connectivity index (χ0n) is 9.09. The first-order valence-corrected chi connectivity index (χ1v) is 6.79. The van der Waals surface area contributed by atoms with Crippen molar-refractivity contribution >= 4 is 28.6 Å². The number of allylic oxidation sites excluding steroid dienone is 1. The molecule has 0 N–H and O–H groups in total. The van der Waals surface area contributed by atoms with Gasteiger partial charge in [0, 0.05) is 6.42 Å². The Balaban J connectivity index is 2.07. The normalized spacial score (nSPS) is 40.5. The molecule has 0 aromatic heterocycles. The van der Waals surface area contributed by atoms with Gasteiger partial charge in [-0.25, -0.2) is 0 Å². The fourth-order valence-electron chi connectivity index (χ4n) is 2.64. The molecule has 84 valence electrons. The quantitative estimate of drug-likeness (QED) is 0.321. The first-order chi connectivity index (χ1) is 7.03. The van der Waals surface area contributed by atoms with Crippen LogP contribution in [0.15, 0.2) is 12.2 Å². The summed E-state index contributed by atoms with van der Waals surface area (Å²) in [7, 11) is 0. The highest BCUT2D eigenvalue weighted by molar-refractivity contribution is 14.1. The summed E-state index contributed by atoms with van der Waals surface area (Å²) in [4.78, 5) is 11.2. The molecule has 0 aromatic carbocycles. The summed E-state index contributed by atoms with van der Waals surface area (Å²) in [5.41, 5.74) is 1.14. The third kappa shape index (κ3) is 2.08. The fraction of sp³-hybridized carbons (Fsp3) is 0.750. The summed E-state index contributed by atoms with van der Waals surface area (Å²) in [6, 6.07) is 0. The van der Waals surface area contributed by atoms with Gasteiger partial charge in [0.2, 0.25) is 0 Å². The van der Waals surface area contributed by atoms with Gasteiger partial charge >= 0.3 is 5.97 Å². The molecule has 0 aromatic rings. The molecule has 0 amide bonds. The lowest BCUT2D eigenvalue weighted by Gasteiger charge is -2.40. The maximum Gasteiger partial charge on any atom is 0.306 e. The first-order valence-electron chi connectivity index (χ1n) is 5.55. The van der Waals surface area contributed by atoms with Crippen molar-refractivity contribution in [2.75, 3.05) is 0 Å². The van der Waals surface area contributed by atoms with Gasteiger partial charge in [0.1, 0.15) is 5.60 Å². The Labute approximate surface area is 105 Å². The van der Waals surface area contributed by atoms with Gasteiger partial charge < -0.3 is 4.74 Å². The van der Waals surface area contributed by atoms with E-state index in [1.165, 1.54) is 5.57 Å². The molecule has 1 saturated heterocycles. The van der Waals surface area contributed by atoms with Gasteiger partial charge in [0.15, 0.2) is 0 Å². The summed E-state index contributed by atoms with van der Waals surface area (Å²) in [5.74, 6) is 0.613. The van der Waals surface area contributed by atoms with E-state index in [2.05, 4.69) is 36.1 Å². The van der Waals surface area contributed by atoms with Crippen molar-refractivity contribution in [3.8, 4) is 0 Å². The molecule has 2 rings (SSSR count). The lowest BCUT2D eigenvalue weighted by molar-refractivity contribution is -0.150. The van der Waals surface area contributed by atoms with Crippen molar-refractivity contribution in [2.45, 2.75) is 48.6 Å². The molecule has 2 nitrogen and oxygen atoms in total. The maximum absolute atomic E-state index is 11.2. The highest BCUT2D eigenvalue weighted by Gasteiger charge is 2.48. The molecule has 1 spiro atoms. The molecule has 0 radical (unpaired) electrons. The standard InChI is InChI=1S/C12H17IO2/c1-8(2)9-3-5-12(10(13)7-9)6-4-11(14)15-12/h9-10H,1,3-7H2,2H3/t9-,10+,12-/m0/s1. The number of esters is 1. The van der Waals surface area contributed by atoms with E-state index >= 15 is 0 Å². The second-order valence-electron chi connectivity index (χ2n) is 4.82. The number of rotatable bonds is 1. The van der Waals surface area contributed by atoms with E-state index in [9.17, 15) is 4.79 Å². The van der Waals surface area contributed by atoms with Crippen LogP contribution in [0.2, 0.25) is 0 Å². The molecule has 1 aliphatic heterocycles. The number of hydrogen-bond acceptors (Lipinski definition) is 2. The van der Waals surface area contributed by atoms with Gasteiger partial charge in [-0.3, -0.25) is 4.79 Å². The molecule has 1 aliphatic carbocycles. The number of halogens is 1. The second-order valence-corrected chi connectivity index (χ2v) is 6.33. The highest BCUT2D eigenvalue weighted by Crippen LogP contribution is 2.46. The Morgan fingerprint density at radius 3 is 2.80 bits per heavy atom. The largest absolute Gasteiger partial charge is 0.458 e. The summed E-state index contributed by atoms with van der Waals surface area (Å²) in [6.07, 6.45) is 4.79. The SMILES string of the molecule is C=C(C)[C@H]1CC[C@]2(CCC(=O)O2)[C@H](I)C1. The van der Waals surface area contributed by atoms with Gasteiger partial charge in [-0.2, -0.15) is 0 Å². The topological polar surface area (TPSA) is 26.3 Å². The van der Waals surface area contributed by atoms with Gasteiger partial charge in [0.25, 0.3) is 0 Å². The van der Waals surface area contributed by atoms with Crippen molar-refractivity contribution in [3.05, 3.63) is 12.2 Å². The Bertz CT molecular complexity index is 300. The van der Waals surface area contributed by atoms with E-state index in [1.807, 2.05) is 0 Å². The number of carbonyl (C=O) groups excluding carboxylic acids is 1. The van der Waals surface area contributed by atoms with E-state index in [0.29, 0.717) is 16.3 Å². The van der Waals surface area contributed by atoms with Crippen LogP contribution in [-0.4, -0.2) is 15.5 Å². The summed E-state index contributed by atoms with van der Waals surface area (Å²) in [5, 5.41) is 0. The third-order valence-corrected chi connectivity index (χ3v) is 5.39. The maximum atomic E-state index is 11.2. The Morgan fingerprint density at radius 1 is 1.60 bits per heavy atom. The van der Waals surface area contributed by atoms with Crippen LogP contribution in [0.25, 0.3) is 0 Å². The molecular formula is C12H17IO2. The van der Waals surface area contributed by atoms with E-state index in [-0.39, 0.29) is 11.6 Å². The van der Waals surface area contributed by atoms with Crippen LogP contribution < -0.4 is 0 Å². The molecule has 0 unspecified atom stereocenters. The predicted octanol–water partition coefficient (Wildman–Crippen LogP) is 3.24. The van der Waals surface area contributed by atoms with Crippen molar-refractivity contribution in [1.82, 2.24) is 0 Å². The highest BCUT2D eigenvalue weighted by atomic mass is 127. The molecule has 2 fully saturated rings. The van der Waals surface area contributed by atoms with Crippen LogP contribution in [0.3, 0.4) is 0 Å². The fourth-order valence-corrected chi connectivity index (χ4v) is 4.01.